The zero-order valence-corrected chi connectivity index (χ0v) is 19.8. The Hall–Kier alpha value is -3.99. The van der Waals surface area contributed by atoms with Crippen molar-refractivity contribution in [2.75, 3.05) is 17.1 Å². The highest BCUT2D eigenvalue weighted by atomic mass is 32.2. The molecule has 4 rings (SSSR count). The Kier molecular flexibility index (Phi) is 6.20. The van der Waals surface area contributed by atoms with Crippen LogP contribution in [0, 0.1) is 26.6 Å². The van der Waals surface area contributed by atoms with Crippen molar-refractivity contribution in [3.63, 3.8) is 0 Å². The van der Waals surface area contributed by atoms with Crippen LogP contribution in [-0.4, -0.2) is 35.5 Å². The summed E-state index contributed by atoms with van der Waals surface area (Å²) in [5.41, 5.74) is 4.06. The fourth-order valence-corrected chi connectivity index (χ4v) is 4.32. The molecule has 0 amide bonds. The molecule has 0 aliphatic heterocycles. The van der Waals surface area contributed by atoms with Crippen molar-refractivity contribution in [1.82, 2.24) is 20.0 Å². The Bertz CT molecular complexity index is 1440. The number of nitrogens with zero attached hydrogens (tertiary/aromatic N) is 4. The second-order valence-electron chi connectivity index (χ2n) is 7.59. The molecule has 0 atom stereocenters. The zero-order chi connectivity index (χ0) is 24.5. The molecule has 176 valence electrons. The van der Waals surface area contributed by atoms with Crippen molar-refractivity contribution in [3.05, 3.63) is 77.4 Å². The minimum Gasteiger partial charge on any atom is -0.494 e. The number of ether oxygens (including phenoxy) is 1. The highest BCUT2D eigenvalue weighted by Crippen LogP contribution is 2.24. The molecular formula is C23H23FN6O3S. The number of sulfonamides is 1. The van der Waals surface area contributed by atoms with Gasteiger partial charge in [0.05, 0.1) is 17.7 Å². The molecule has 9 nitrogen and oxygen atoms in total. The number of benzene rings is 2. The molecule has 0 radical (unpaired) electrons. The van der Waals surface area contributed by atoms with Crippen LogP contribution in [0.2, 0.25) is 0 Å². The van der Waals surface area contributed by atoms with Gasteiger partial charge >= 0.3 is 0 Å². The predicted octanol–water partition coefficient (Wildman–Crippen LogP) is 4.28. The molecule has 0 aliphatic rings. The van der Waals surface area contributed by atoms with E-state index in [0.29, 0.717) is 23.0 Å². The molecule has 0 unspecified atom stereocenters. The van der Waals surface area contributed by atoms with E-state index in [0.717, 1.165) is 23.0 Å². The van der Waals surface area contributed by atoms with Gasteiger partial charge in [-0.05, 0) is 80.9 Å². The van der Waals surface area contributed by atoms with Crippen molar-refractivity contribution in [1.29, 1.82) is 0 Å². The Balaban J connectivity index is 1.44. The summed E-state index contributed by atoms with van der Waals surface area (Å²) < 4.78 is 48.0. The molecule has 4 aromatic rings. The molecule has 0 bridgehead atoms. The summed E-state index contributed by atoms with van der Waals surface area (Å²) in [6.45, 7) is 5.93. The van der Waals surface area contributed by atoms with E-state index in [9.17, 15) is 12.8 Å². The lowest BCUT2D eigenvalue weighted by Crippen LogP contribution is -2.13. The van der Waals surface area contributed by atoms with E-state index < -0.39 is 15.8 Å². The van der Waals surface area contributed by atoms with Gasteiger partial charge in [0.25, 0.3) is 10.0 Å². The maximum absolute atomic E-state index is 13.9. The zero-order valence-electron chi connectivity index (χ0n) is 19.0. The molecule has 0 saturated heterocycles. The van der Waals surface area contributed by atoms with Crippen LogP contribution >= 0.6 is 0 Å². The number of aromatic nitrogens is 4. The van der Waals surface area contributed by atoms with E-state index in [1.807, 2.05) is 26.8 Å². The summed E-state index contributed by atoms with van der Waals surface area (Å²) in [5.74, 6) is 0.337. The molecule has 11 heteroatoms. The maximum atomic E-state index is 13.9. The molecule has 2 aromatic heterocycles. The second-order valence-corrected chi connectivity index (χ2v) is 9.27. The van der Waals surface area contributed by atoms with Crippen LogP contribution < -0.4 is 14.8 Å². The minimum atomic E-state index is -3.97. The third-order valence-corrected chi connectivity index (χ3v) is 6.74. The summed E-state index contributed by atoms with van der Waals surface area (Å²) >= 11 is 0. The second kappa shape index (κ2) is 9.10. The SMILES string of the molecule is COc1ccc(S(=O)(=O)Nc2ccc(Nc3ccc(-n4nc(C)c(C)c4C)nn3)cc2)cc1F. The molecule has 0 saturated carbocycles. The number of anilines is 3. The standard InChI is InChI=1S/C23H23FN6O3S/c1-14-15(2)28-30(16(14)3)23-12-11-22(26-27-23)25-17-5-7-18(8-6-17)29-34(31,32)19-9-10-21(33-4)20(24)13-19/h5-13,29H,1-4H3,(H,25,26). The van der Waals surface area contributed by atoms with Crippen LogP contribution in [0.15, 0.2) is 59.5 Å². The number of methoxy groups -OCH3 is 1. The molecule has 0 fully saturated rings. The molecule has 34 heavy (non-hydrogen) atoms. The number of hydrogen-bond acceptors (Lipinski definition) is 7. The number of halogens is 1. The van der Waals surface area contributed by atoms with E-state index in [-0.39, 0.29) is 10.6 Å². The summed E-state index contributed by atoms with van der Waals surface area (Å²) in [6.07, 6.45) is 0. The lowest BCUT2D eigenvalue weighted by Gasteiger charge is -2.11. The summed E-state index contributed by atoms with van der Waals surface area (Å²) in [5, 5.41) is 16.0. The third-order valence-electron chi connectivity index (χ3n) is 5.36. The predicted molar refractivity (Wildman–Crippen MR) is 127 cm³/mol. The van der Waals surface area contributed by atoms with Crippen LogP contribution in [0.4, 0.5) is 21.6 Å². The van der Waals surface area contributed by atoms with E-state index in [1.54, 1.807) is 35.0 Å². The largest absolute Gasteiger partial charge is 0.494 e. The lowest BCUT2D eigenvalue weighted by molar-refractivity contribution is 0.385. The normalized spacial score (nSPS) is 11.3. The van der Waals surface area contributed by atoms with Crippen molar-refractivity contribution in [2.45, 2.75) is 25.7 Å². The van der Waals surface area contributed by atoms with E-state index >= 15 is 0 Å². The summed E-state index contributed by atoms with van der Waals surface area (Å²) in [7, 11) is -2.66. The van der Waals surface area contributed by atoms with Crippen molar-refractivity contribution >= 4 is 27.2 Å². The number of hydrogen-bond donors (Lipinski definition) is 2. The lowest BCUT2D eigenvalue weighted by atomic mass is 10.2. The first-order valence-corrected chi connectivity index (χ1v) is 11.8. The molecule has 2 N–H and O–H groups in total. The third kappa shape index (κ3) is 4.69. The first-order valence-electron chi connectivity index (χ1n) is 10.3. The fraction of sp³-hybridized carbons (Fsp3) is 0.174. The van der Waals surface area contributed by atoms with Gasteiger partial charge in [-0.2, -0.15) is 5.10 Å². The minimum absolute atomic E-state index is 0.0319. The molecular weight excluding hydrogens is 459 g/mol. The highest BCUT2D eigenvalue weighted by molar-refractivity contribution is 7.92. The number of nitrogens with one attached hydrogen (secondary N) is 2. The number of aryl methyl sites for hydroxylation is 1. The maximum Gasteiger partial charge on any atom is 0.262 e. The van der Waals surface area contributed by atoms with E-state index in [2.05, 4.69) is 25.3 Å². The average molecular weight is 483 g/mol. The smallest absolute Gasteiger partial charge is 0.262 e. The van der Waals surface area contributed by atoms with Gasteiger partial charge in [0.15, 0.2) is 23.2 Å². The van der Waals surface area contributed by atoms with Gasteiger partial charge < -0.3 is 10.1 Å². The molecule has 2 heterocycles. The van der Waals surface area contributed by atoms with Crippen molar-refractivity contribution in [3.8, 4) is 11.6 Å². The van der Waals surface area contributed by atoms with Crippen LogP contribution in [0.5, 0.6) is 5.75 Å². The first-order chi connectivity index (χ1) is 16.2. The van der Waals surface area contributed by atoms with E-state index in [1.165, 1.54) is 19.2 Å². The van der Waals surface area contributed by atoms with Gasteiger partial charge in [0, 0.05) is 17.1 Å². The summed E-state index contributed by atoms with van der Waals surface area (Å²) in [6, 6.07) is 13.6. The van der Waals surface area contributed by atoms with Crippen LogP contribution in [0.1, 0.15) is 17.0 Å². The highest BCUT2D eigenvalue weighted by Gasteiger charge is 2.17. The Labute approximate surface area is 196 Å². The molecule has 2 aromatic carbocycles. The van der Waals surface area contributed by atoms with Gasteiger partial charge in [0.1, 0.15) is 0 Å². The Morgan fingerprint density at radius 3 is 2.21 bits per heavy atom. The van der Waals surface area contributed by atoms with Crippen molar-refractivity contribution < 1.29 is 17.5 Å². The Morgan fingerprint density at radius 1 is 0.941 bits per heavy atom. The van der Waals surface area contributed by atoms with Gasteiger partial charge in [0.2, 0.25) is 0 Å². The summed E-state index contributed by atoms with van der Waals surface area (Å²) in [4.78, 5) is -0.207. The quantitative estimate of drug-likeness (QED) is 0.404. The average Bonchev–Trinajstić information content (AvgIpc) is 3.08. The van der Waals surface area contributed by atoms with Gasteiger partial charge in [-0.25, -0.2) is 17.5 Å². The Morgan fingerprint density at radius 2 is 1.65 bits per heavy atom. The van der Waals surface area contributed by atoms with Gasteiger partial charge in [-0.1, -0.05) is 0 Å². The fourth-order valence-electron chi connectivity index (χ4n) is 3.25. The van der Waals surface area contributed by atoms with Gasteiger partial charge in [-0.15, -0.1) is 10.2 Å². The van der Waals surface area contributed by atoms with Crippen LogP contribution in [0.3, 0.4) is 0 Å². The van der Waals surface area contributed by atoms with E-state index in [4.69, 9.17) is 4.74 Å². The molecule has 0 aliphatic carbocycles. The van der Waals surface area contributed by atoms with Crippen LogP contribution in [-0.2, 0) is 10.0 Å². The topological polar surface area (TPSA) is 111 Å². The van der Waals surface area contributed by atoms with Crippen molar-refractivity contribution in [2.24, 2.45) is 0 Å². The first kappa shape index (κ1) is 23.2. The monoisotopic (exact) mass is 482 g/mol. The molecule has 0 spiro atoms. The van der Waals surface area contributed by atoms with Crippen LogP contribution in [0.25, 0.3) is 5.82 Å². The van der Waals surface area contributed by atoms with Gasteiger partial charge in [-0.3, -0.25) is 4.72 Å². The number of rotatable bonds is 7.